The van der Waals surface area contributed by atoms with Gasteiger partial charge >= 0.3 is 0 Å². The second-order valence-electron chi connectivity index (χ2n) is 4.76. The van der Waals surface area contributed by atoms with E-state index in [0.717, 1.165) is 10.7 Å². The van der Waals surface area contributed by atoms with Crippen molar-refractivity contribution in [2.45, 2.75) is 6.54 Å². The van der Waals surface area contributed by atoms with Gasteiger partial charge in [-0.25, -0.2) is 0 Å². The van der Waals surface area contributed by atoms with Crippen molar-refractivity contribution in [3.8, 4) is 0 Å². The normalized spacial score (nSPS) is 11.7. The maximum atomic E-state index is 11.7. The summed E-state index contributed by atoms with van der Waals surface area (Å²) in [6.07, 6.45) is 1.60. The van der Waals surface area contributed by atoms with Gasteiger partial charge in [-0.1, -0.05) is 18.2 Å². The molecule has 1 aromatic heterocycles. The van der Waals surface area contributed by atoms with Crippen molar-refractivity contribution in [3.63, 3.8) is 0 Å². The van der Waals surface area contributed by atoms with Crippen LogP contribution in [0.5, 0.6) is 0 Å². The van der Waals surface area contributed by atoms with Crippen molar-refractivity contribution >= 4 is 11.8 Å². The number of hydrazine groups is 1. The van der Waals surface area contributed by atoms with Gasteiger partial charge in [0, 0.05) is 5.56 Å². The number of hydrogen-bond acceptors (Lipinski definition) is 3. The highest BCUT2D eigenvalue weighted by Gasteiger charge is 2.13. The number of carbonyl (C=O) groups is 2. The average Bonchev–Trinajstić information content (AvgIpc) is 2.98. The van der Waals surface area contributed by atoms with E-state index in [1.165, 1.54) is 0 Å². The molecule has 0 spiro atoms. The Bertz CT molecular complexity index is 581. The number of quaternary nitrogens is 1. The number of hydrogen-bond donors (Lipinski definition) is 3. The van der Waals surface area contributed by atoms with E-state index in [4.69, 9.17) is 4.42 Å². The van der Waals surface area contributed by atoms with Gasteiger partial charge in [0.15, 0.2) is 12.3 Å². The molecule has 2 rings (SSSR count). The van der Waals surface area contributed by atoms with E-state index in [-0.39, 0.29) is 18.4 Å². The lowest BCUT2D eigenvalue weighted by atomic mass is 10.2. The molecule has 2 amide bonds. The van der Waals surface area contributed by atoms with Gasteiger partial charge in [0.25, 0.3) is 11.8 Å². The van der Waals surface area contributed by atoms with Gasteiger partial charge in [-0.3, -0.25) is 20.4 Å². The molecular weight excluding hydrogens is 270 g/mol. The number of likely N-dealkylation sites (N-methyl/N-ethyl adjacent to an activating group) is 1. The fourth-order valence-corrected chi connectivity index (χ4v) is 1.88. The zero-order chi connectivity index (χ0) is 15.1. The number of nitrogens with one attached hydrogen (secondary N) is 3. The van der Waals surface area contributed by atoms with Crippen LogP contribution in [0.25, 0.3) is 0 Å². The first-order valence-electron chi connectivity index (χ1n) is 6.63. The molecule has 2 aromatic rings. The Labute approximate surface area is 122 Å². The van der Waals surface area contributed by atoms with Crippen molar-refractivity contribution in [2.24, 2.45) is 0 Å². The molecule has 0 aliphatic heterocycles. The van der Waals surface area contributed by atoms with Crippen LogP contribution >= 0.6 is 0 Å². The Balaban J connectivity index is 1.73. The molecule has 6 heteroatoms. The van der Waals surface area contributed by atoms with E-state index in [1.54, 1.807) is 30.5 Å². The summed E-state index contributed by atoms with van der Waals surface area (Å²) in [7, 11) is 1.88. The summed E-state index contributed by atoms with van der Waals surface area (Å²) in [4.78, 5) is 24.4. The zero-order valence-corrected chi connectivity index (χ0v) is 11.8. The topological polar surface area (TPSA) is 75.8 Å². The fourth-order valence-electron chi connectivity index (χ4n) is 1.88. The van der Waals surface area contributed by atoms with Gasteiger partial charge < -0.3 is 9.32 Å². The largest absolute Gasteiger partial charge is 0.463 e. The van der Waals surface area contributed by atoms with Crippen LogP contribution in [0.15, 0.2) is 53.1 Å². The number of furan rings is 1. The lowest BCUT2D eigenvalue weighted by Gasteiger charge is -2.12. The average molecular weight is 288 g/mol. The molecule has 3 N–H and O–H groups in total. The molecule has 0 aliphatic carbocycles. The quantitative estimate of drug-likeness (QED) is 0.664. The minimum Gasteiger partial charge on any atom is -0.463 e. The molecule has 6 nitrogen and oxygen atoms in total. The highest BCUT2D eigenvalue weighted by atomic mass is 16.3. The SMILES string of the molecule is C[NH+](CC(=O)NNC(=O)c1ccccc1)Cc1ccco1. The maximum absolute atomic E-state index is 11.7. The molecule has 1 heterocycles. The van der Waals surface area contributed by atoms with Crippen LogP contribution in [-0.2, 0) is 11.3 Å². The lowest BCUT2D eigenvalue weighted by Crippen LogP contribution is -3.09. The molecule has 0 aliphatic rings. The summed E-state index contributed by atoms with van der Waals surface area (Å²) in [6, 6.07) is 12.4. The van der Waals surface area contributed by atoms with Crippen molar-refractivity contribution in [1.29, 1.82) is 0 Å². The first-order valence-corrected chi connectivity index (χ1v) is 6.63. The van der Waals surface area contributed by atoms with Crippen molar-refractivity contribution in [1.82, 2.24) is 10.9 Å². The Morgan fingerprint density at radius 2 is 1.86 bits per heavy atom. The van der Waals surface area contributed by atoms with Gasteiger partial charge in [-0.2, -0.15) is 0 Å². The molecule has 0 bridgehead atoms. The summed E-state index contributed by atoms with van der Waals surface area (Å²) in [5.74, 6) is 0.213. The molecule has 110 valence electrons. The Kier molecular flexibility index (Phi) is 5.11. The van der Waals surface area contributed by atoms with Gasteiger partial charge in [0.2, 0.25) is 0 Å². The second-order valence-corrected chi connectivity index (χ2v) is 4.76. The number of carbonyl (C=O) groups excluding carboxylic acids is 2. The third kappa shape index (κ3) is 4.77. The molecule has 0 radical (unpaired) electrons. The Morgan fingerprint density at radius 3 is 2.52 bits per heavy atom. The number of benzene rings is 1. The van der Waals surface area contributed by atoms with Crippen LogP contribution in [0.2, 0.25) is 0 Å². The summed E-state index contributed by atoms with van der Waals surface area (Å²) >= 11 is 0. The summed E-state index contributed by atoms with van der Waals surface area (Å²) in [5.41, 5.74) is 5.28. The minimum absolute atomic E-state index is 0.232. The zero-order valence-electron chi connectivity index (χ0n) is 11.8. The first kappa shape index (κ1) is 14.8. The maximum Gasteiger partial charge on any atom is 0.293 e. The monoisotopic (exact) mass is 288 g/mol. The van der Waals surface area contributed by atoms with Crippen molar-refractivity contribution in [3.05, 3.63) is 60.1 Å². The van der Waals surface area contributed by atoms with E-state index in [2.05, 4.69) is 10.9 Å². The van der Waals surface area contributed by atoms with E-state index >= 15 is 0 Å². The predicted molar refractivity (Wildman–Crippen MR) is 76.2 cm³/mol. The van der Waals surface area contributed by atoms with Crippen molar-refractivity contribution < 1.29 is 18.9 Å². The van der Waals surface area contributed by atoms with E-state index in [9.17, 15) is 9.59 Å². The van der Waals surface area contributed by atoms with E-state index in [0.29, 0.717) is 12.1 Å². The van der Waals surface area contributed by atoms with E-state index < -0.39 is 0 Å². The smallest absolute Gasteiger partial charge is 0.293 e. The highest BCUT2D eigenvalue weighted by Crippen LogP contribution is 1.97. The Hall–Kier alpha value is -2.60. The summed E-state index contributed by atoms with van der Waals surface area (Å²) in [5, 5.41) is 0. The predicted octanol–water partition coefficient (Wildman–Crippen LogP) is -0.244. The molecule has 1 aromatic carbocycles. The highest BCUT2D eigenvalue weighted by molar-refractivity contribution is 5.95. The second kappa shape index (κ2) is 7.25. The lowest BCUT2D eigenvalue weighted by molar-refractivity contribution is -0.886. The van der Waals surface area contributed by atoms with Crippen LogP contribution < -0.4 is 15.8 Å². The summed E-state index contributed by atoms with van der Waals surface area (Å²) < 4.78 is 5.22. The molecular formula is C15H18N3O3+. The van der Waals surface area contributed by atoms with Crippen LogP contribution in [0.1, 0.15) is 16.1 Å². The third-order valence-electron chi connectivity index (χ3n) is 2.87. The van der Waals surface area contributed by atoms with Crippen LogP contribution in [-0.4, -0.2) is 25.4 Å². The number of amides is 2. The molecule has 21 heavy (non-hydrogen) atoms. The molecule has 0 saturated heterocycles. The molecule has 0 fully saturated rings. The van der Waals surface area contributed by atoms with Gasteiger partial charge in [0.05, 0.1) is 13.3 Å². The molecule has 1 atom stereocenters. The van der Waals surface area contributed by atoms with E-state index in [1.807, 2.05) is 25.2 Å². The standard InChI is InChI=1S/C15H17N3O3/c1-18(10-13-8-5-9-21-13)11-14(19)16-17-15(20)12-6-3-2-4-7-12/h2-9H,10-11H2,1H3,(H,16,19)(H,17,20)/p+1. The van der Waals surface area contributed by atoms with Gasteiger partial charge in [-0.05, 0) is 24.3 Å². The molecule has 0 saturated carbocycles. The molecule has 1 unspecified atom stereocenters. The minimum atomic E-state index is -0.340. The van der Waals surface area contributed by atoms with Gasteiger partial charge in [0.1, 0.15) is 6.54 Å². The summed E-state index contributed by atoms with van der Waals surface area (Å²) in [6.45, 7) is 0.836. The number of rotatable bonds is 5. The van der Waals surface area contributed by atoms with Gasteiger partial charge in [-0.15, -0.1) is 0 Å². The van der Waals surface area contributed by atoms with Crippen LogP contribution in [0.4, 0.5) is 0 Å². The first-order chi connectivity index (χ1) is 10.1. The fraction of sp³-hybridized carbons (Fsp3) is 0.200. The van der Waals surface area contributed by atoms with Crippen LogP contribution in [0.3, 0.4) is 0 Å². The third-order valence-corrected chi connectivity index (χ3v) is 2.87. The van der Waals surface area contributed by atoms with Crippen molar-refractivity contribution in [2.75, 3.05) is 13.6 Å². The van der Waals surface area contributed by atoms with Crippen LogP contribution in [0, 0.1) is 0 Å². The Morgan fingerprint density at radius 1 is 1.10 bits per heavy atom.